The summed E-state index contributed by atoms with van der Waals surface area (Å²) in [5, 5.41) is 3.08. The van der Waals surface area contributed by atoms with Gasteiger partial charge in [0.15, 0.2) is 11.5 Å². The zero-order valence-electron chi connectivity index (χ0n) is 13.0. The SMILES string of the molecule is COC1CCC(Nc2cc(C(F)(F)F)nc(-c3ccncc3)n2)C1. The topological polar surface area (TPSA) is 59.9 Å². The molecule has 1 N–H and O–H groups in total. The van der Waals surface area contributed by atoms with Crippen LogP contribution in [0.5, 0.6) is 0 Å². The molecule has 1 aliphatic carbocycles. The van der Waals surface area contributed by atoms with Gasteiger partial charge in [-0.2, -0.15) is 13.2 Å². The van der Waals surface area contributed by atoms with Crippen molar-refractivity contribution in [2.45, 2.75) is 37.6 Å². The van der Waals surface area contributed by atoms with E-state index < -0.39 is 11.9 Å². The first-order chi connectivity index (χ1) is 11.5. The molecule has 2 aromatic heterocycles. The Morgan fingerprint density at radius 2 is 1.92 bits per heavy atom. The Labute approximate surface area is 137 Å². The summed E-state index contributed by atoms with van der Waals surface area (Å²) in [6.07, 6.45) is 1.03. The van der Waals surface area contributed by atoms with Gasteiger partial charge in [0.2, 0.25) is 0 Å². The van der Waals surface area contributed by atoms with Gasteiger partial charge in [-0.15, -0.1) is 0 Å². The van der Waals surface area contributed by atoms with Crippen molar-refractivity contribution in [2.75, 3.05) is 12.4 Å². The van der Waals surface area contributed by atoms with Crippen molar-refractivity contribution >= 4 is 5.82 Å². The van der Waals surface area contributed by atoms with E-state index in [1.54, 1.807) is 19.2 Å². The van der Waals surface area contributed by atoms with Crippen LogP contribution in [0.4, 0.5) is 19.0 Å². The predicted octanol–water partition coefficient (Wildman–Crippen LogP) is 3.54. The number of hydrogen-bond acceptors (Lipinski definition) is 5. The van der Waals surface area contributed by atoms with E-state index in [9.17, 15) is 13.2 Å². The Morgan fingerprint density at radius 3 is 2.54 bits per heavy atom. The maximum Gasteiger partial charge on any atom is 0.433 e. The third-order valence-corrected chi connectivity index (χ3v) is 4.02. The van der Waals surface area contributed by atoms with Crippen LogP contribution in [0.3, 0.4) is 0 Å². The summed E-state index contributed by atoms with van der Waals surface area (Å²) in [6.45, 7) is 0. The standard InChI is InChI=1S/C16H17F3N4O/c1-24-12-3-2-11(8-12)21-14-9-13(16(17,18)19)22-15(23-14)10-4-6-20-7-5-10/h4-7,9,11-12H,2-3,8H2,1H3,(H,21,22,23). The zero-order valence-corrected chi connectivity index (χ0v) is 13.0. The number of methoxy groups -OCH3 is 1. The van der Waals surface area contributed by atoms with Crippen LogP contribution in [-0.2, 0) is 10.9 Å². The lowest BCUT2D eigenvalue weighted by Crippen LogP contribution is -2.19. The minimum absolute atomic E-state index is 0.0241. The van der Waals surface area contributed by atoms with Crippen LogP contribution in [0.2, 0.25) is 0 Å². The number of hydrogen-bond donors (Lipinski definition) is 1. The molecule has 128 valence electrons. The van der Waals surface area contributed by atoms with E-state index in [1.807, 2.05) is 0 Å². The second-order valence-electron chi connectivity index (χ2n) is 5.71. The average molecular weight is 338 g/mol. The molecule has 1 saturated carbocycles. The molecule has 0 aliphatic heterocycles. The van der Waals surface area contributed by atoms with Crippen molar-refractivity contribution in [3.8, 4) is 11.4 Å². The Morgan fingerprint density at radius 1 is 1.17 bits per heavy atom. The van der Waals surface area contributed by atoms with Crippen LogP contribution in [-0.4, -0.2) is 34.2 Å². The molecule has 0 saturated heterocycles. The van der Waals surface area contributed by atoms with Crippen molar-refractivity contribution in [3.63, 3.8) is 0 Å². The molecule has 5 nitrogen and oxygen atoms in total. The molecule has 2 unspecified atom stereocenters. The molecule has 2 heterocycles. The molecule has 1 fully saturated rings. The van der Waals surface area contributed by atoms with E-state index in [-0.39, 0.29) is 23.8 Å². The van der Waals surface area contributed by atoms with Crippen LogP contribution in [0.25, 0.3) is 11.4 Å². The second-order valence-corrected chi connectivity index (χ2v) is 5.71. The number of nitrogens with zero attached hydrogens (tertiary/aromatic N) is 3. The third-order valence-electron chi connectivity index (χ3n) is 4.02. The number of anilines is 1. The summed E-state index contributed by atoms with van der Waals surface area (Å²) < 4.78 is 44.7. The van der Waals surface area contributed by atoms with Crippen molar-refractivity contribution in [3.05, 3.63) is 36.3 Å². The normalized spacial score (nSPS) is 21.0. The quantitative estimate of drug-likeness (QED) is 0.924. The zero-order chi connectivity index (χ0) is 17.2. The lowest BCUT2D eigenvalue weighted by atomic mass is 10.2. The summed E-state index contributed by atoms with van der Waals surface area (Å²) in [5.74, 6) is 0.196. The highest BCUT2D eigenvalue weighted by Gasteiger charge is 2.34. The first kappa shape index (κ1) is 16.6. The Kier molecular flexibility index (Phi) is 4.66. The molecule has 2 atom stereocenters. The van der Waals surface area contributed by atoms with Crippen LogP contribution in [0.15, 0.2) is 30.6 Å². The Balaban J connectivity index is 1.91. The van der Waals surface area contributed by atoms with Crippen LogP contribution in [0, 0.1) is 0 Å². The van der Waals surface area contributed by atoms with Crippen molar-refractivity contribution in [2.24, 2.45) is 0 Å². The first-order valence-corrected chi connectivity index (χ1v) is 7.61. The molecule has 8 heteroatoms. The molecule has 0 spiro atoms. The van der Waals surface area contributed by atoms with Gasteiger partial charge in [0.05, 0.1) is 6.10 Å². The molecule has 2 aromatic rings. The molecule has 0 radical (unpaired) electrons. The summed E-state index contributed by atoms with van der Waals surface area (Å²) >= 11 is 0. The molecule has 3 rings (SSSR count). The number of pyridine rings is 1. The van der Waals surface area contributed by atoms with E-state index in [4.69, 9.17) is 4.74 Å². The van der Waals surface area contributed by atoms with Crippen molar-refractivity contribution < 1.29 is 17.9 Å². The van der Waals surface area contributed by atoms with Gasteiger partial charge in [-0.25, -0.2) is 9.97 Å². The molecule has 0 amide bonds. The molecular weight excluding hydrogens is 321 g/mol. The van der Waals surface area contributed by atoms with Gasteiger partial charge >= 0.3 is 6.18 Å². The molecule has 0 aromatic carbocycles. The van der Waals surface area contributed by atoms with Gasteiger partial charge in [0.1, 0.15) is 5.82 Å². The fraction of sp³-hybridized carbons (Fsp3) is 0.438. The number of nitrogens with one attached hydrogen (secondary N) is 1. The van der Waals surface area contributed by atoms with E-state index in [0.717, 1.165) is 25.3 Å². The highest BCUT2D eigenvalue weighted by molar-refractivity contribution is 5.57. The first-order valence-electron chi connectivity index (χ1n) is 7.61. The van der Waals surface area contributed by atoms with Gasteiger partial charge in [-0.05, 0) is 31.4 Å². The van der Waals surface area contributed by atoms with E-state index >= 15 is 0 Å². The smallest absolute Gasteiger partial charge is 0.381 e. The lowest BCUT2D eigenvalue weighted by Gasteiger charge is -2.16. The van der Waals surface area contributed by atoms with Crippen molar-refractivity contribution in [1.82, 2.24) is 15.0 Å². The maximum absolute atomic E-state index is 13.1. The van der Waals surface area contributed by atoms with Gasteiger partial charge in [0.25, 0.3) is 0 Å². The largest absolute Gasteiger partial charge is 0.433 e. The number of alkyl halides is 3. The van der Waals surface area contributed by atoms with Crippen LogP contribution < -0.4 is 5.32 Å². The fourth-order valence-electron chi connectivity index (χ4n) is 2.79. The van der Waals surface area contributed by atoms with Gasteiger partial charge < -0.3 is 10.1 Å². The molecule has 0 bridgehead atoms. The fourth-order valence-corrected chi connectivity index (χ4v) is 2.79. The minimum Gasteiger partial charge on any atom is -0.381 e. The van der Waals surface area contributed by atoms with Crippen molar-refractivity contribution in [1.29, 1.82) is 0 Å². The number of aromatic nitrogens is 3. The Bertz CT molecular complexity index is 693. The summed E-state index contributed by atoms with van der Waals surface area (Å²) in [6, 6.07) is 4.15. The molecule has 24 heavy (non-hydrogen) atoms. The van der Waals surface area contributed by atoms with Crippen LogP contribution >= 0.6 is 0 Å². The van der Waals surface area contributed by atoms with E-state index in [1.165, 1.54) is 12.4 Å². The van der Waals surface area contributed by atoms with Gasteiger partial charge in [0, 0.05) is 37.2 Å². The summed E-state index contributed by atoms with van der Waals surface area (Å²) in [5.41, 5.74) is -0.478. The predicted molar refractivity (Wildman–Crippen MR) is 82.3 cm³/mol. The monoisotopic (exact) mass is 338 g/mol. The minimum atomic E-state index is -4.54. The summed E-state index contributed by atoms with van der Waals surface area (Å²) in [4.78, 5) is 11.8. The highest BCUT2D eigenvalue weighted by Crippen LogP contribution is 2.32. The van der Waals surface area contributed by atoms with Gasteiger partial charge in [-0.1, -0.05) is 0 Å². The third kappa shape index (κ3) is 3.81. The number of rotatable bonds is 4. The number of ether oxygens (including phenoxy) is 1. The van der Waals surface area contributed by atoms with Crippen LogP contribution in [0.1, 0.15) is 25.0 Å². The molecular formula is C16H17F3N4O. The maximum atomic E-state index is 13.1. The lowest BCUT2D eigenvalue weighted by molar-refractivity contribution is -0.141. The summed E-state index contributed by atoms with van der Waals surface area (Å²) in [7, 11) is 1.64. The second kappa shape index (κ2) is 6.72. The van der Waals surface area contributed by atoms with E-state index in [2.05, 4.69) is 20.3 Å². The van der Waals surface area contributed by atoms with Gasteiger partial charge in [-0.3, -0.25) is 4.98 Å². The average Bonchev–Trinajstić information content (AvgIpc) is 3.02. The number of halogens is 3. The molecule has 1 aliphatic rings. The highest BCUT2D eigenvalue weighted by atomic mass is 19.4. The van der Waals surface area contributed by atoms with E-state index in [0.29, 0.717) is 5.56 Å². The Hall–Kier alpha value is -2.22.